The first-order valence-electron chi connectivity index (χ1n) is 13.4. The maximum atomic E-state index is 11.7. The van der Waals surface area contributed by atoms with Crippen molar-refractivity contribution in [2.24, 2.45) is 0 Å². The average Bonchev–Trinajstić information content (AvgIpc) is 2.85. The Balaban J connectivity index is 1.96. The third kappa shape index (κ3) is 8.15. The zero-order valence-electron chi connectivity index (χ0n) is 24.9. The van der Waals surface area contributed by atoms with E-state index in [-0.39, 0.29) is 12.4 Å². The number of aromatic nitrogens is 2. The van der Waals surface area contributed by atoms with Crippen LogP contribution in [0.3, 0.4) is 0 Å². The molecule has 0 atom stereocenters. The molecule has 0 aliphatic rings. The highest BCUT2D eigenvalue weighted by Crippen LogP contribution is 2.30. The molecule has 0 spiro atoms. The lowest BCUT2D eigenvalue weighted by Crippen LogP contribution is -2.33. The first-order chi connectivity index (χ1) is 18.5. The number of nitrogens with zero attached hydrogens (tertiary/aromatic N) is 3. The third-order valence-electron chi connectivity index (χ3n) is 4.63. The maximum absolute atomic E-state index is 11.7. The number of carbonyl (C=O) groups is 1. The smallest absolute Gasteiger partial charge is 0.259 e. The van der Waals surface area contributed by atoms with Crippen LogP contribution in [0, 0.1) is 0 Å². The Kier molecular flexibility index (Phi) is 7.08. The van der Waals surface area contributed by atoms with E-state index in [0.29, 0.717) is 17.0 Å². The quantitative estimate of drug-likeness (QED) is 0.376. The predicted octanol–water partition coefficient (Wildman–Crippen LogP) is 3.90. The molecular formula is C26H32N4O4S. The Labute approximate surface area is 214 Å². The molecule has 0 unspecified atom stereocenters. The molecule has 1 N–H and O–H groups in total. The molecule has 3 aromatic rings. The second kappa shape index (κ2) is 12.4. The van der Waals surface area contributed by atoms with Crippen molar-refractivity contribution in [2.75, 3.05) is 30.9 Å². The van der Waals surface area contributed by atoms with Crippen molar-refractivity contribution in [3.8, 4) is 22.5 Å². The SMILES string of the molecule is [2H]C(C)(C)N(c1cnc(-c2ccccc2)c(-c2ccccc2)n1)C([2H])([2H])C([2H])([2H])CCOCC(=O)NS(C)(=O)=O. The summed E-state index contributed by atoms with van der Waals surface area (Å²) in [4.78, 5) is 21.9. The van der Waals surface area contributed by atoms with Gasteiger partial charge in [-0.25, -0.2) is 13.4 Å². The molecule has 1 amide bonds. The standard InChI is InChI=1S/C26H32N4O4S/c1-20(2)30(16-10-11-17-34-19-24(31)29-35(3,32)33)23-18-27-25(21-12-6-4-7-13-21)26(28-23)22-14-8-5-9-15-22/h4-9,12-15,18,20H,10-11,16-17,19H2,1-3H3,(H,29,31)/i10D2,16D2,20D. The van der Waals surface area contributed by atoms with Crippen LogP contribution < -0.4 is 9.62 Å². The summed E-state index contributed by atoms with van der Waals surface area (Å²) in [7, 11) is -3.77. The number of rotatable bonds is 12. The molecule has 9 heteroatoms. The van der Waals surface area contributed by atoms with Crippen LogP contribution in [0.1, 0.15) is 33.5 Å². The largest absolute Gasteiger partial charge is 0.372 e. The van der Waals surface area contributed by atoms with Crippen molar-refractivity contribution in [2.45, 2.75) is 32.7 Å². The summed E-state index contributed by atoms with van der Waals surface area (Å²) in [6.07, 6.45) is -0.954. The van der Waals surface area contributed by atoms with Gasteiger partial charge in [0.1, 0.15) is 12.4 Å². The van der Waals surface area contributed by atoms with Crippen LogP contribution in [0.4, 0.5) is 5.82 Å². The molecule has 0 radical (unpaired) electrons. The van der Waals surface area contributed by atoms with Crippen LogP contribution in [0.2, 0.25) is 0 Å². The lowest BCUT2D eigenvalue weighted by atomic mass is 10.0. The van der Waals surface area contributed by atoms with E-state index in [1.54, 1.807) is 4.72 Å². The molecule has 35 heavy (non-hydrogen) atoms. The Morgan fingerprint density at radius 1 is 1.09 bits per heavy atom. The summed E-state index contributed by atoms with van der Waals surface area (Å²) >= 11 is 0. The van der Waals surface area contributed by atoms with Crippen LogP contribution in [0.5, 0.6) is 0 Å². The van der Waals surface area contributed by atoms with E-state index in [0.717, 1.165) is 16.7 Å². The van der Waals surface area contributed by atoms with Gasteiger partial charge in [0.05, 0.1) is 25.2 Å². The fourth-order valence-corrected chi connectivity index (χ4v) is 3.62. The van der Waals surface area contributed by atoms with E-state index in [1.807, 2.05) is 60.7 Å². The number of nitrogens with one attached hydrogen (secondary N) is 1. The summed E-state index contributed by atoms with van der Waals surface area (Å²) in [6.45, 7) is -0.978. The first kappa shape index (κ1) is 19.9. The summed E-state index contributed by atoms with van der Waals surface area (Å²) in [6, 6.07) is 16.8. The molecule has 0 fully saturated rings. The monoisotopic (exact) mass is 501 g/mol. The van der Waals surface area contributed by atoms with Crippen molar-refractivity contribution in [1.29, 1.82) is 0 Å². The number of ether oxygens (including phenoxy) is 1. The van der Waals surface area contributed by atoms with Crippen molar-refractivity contribution < 1.29 is 24.8 Å². The molecular weight excluding hydrogens is 464 g/mol. The van der Waals surface area contributed by atoms with E-state index >= 15 is 0 Å². The molecule has 0 bridgehead atoms. The number of sulfonamides is 1. The van der Waals surface area contributed by atoms with E-state index < -0.39 is 47.8 Å². The Morgan fingerprint density at radius 3 is 2.26 bits per heavy atom. The van der Waals surface area contributed by atoms with E-state index in [1.165, 1.54) is 20.0 Å². The average molecular weight is 502 g/mol. The summed E-state index contributed by atoms with van der Waals surface area (Å²) in [5.41, 5.74) is 2.48. The van der Waals surface area contributed by atoms with E-state index in [4.69, 9.17) is 16.6 Å². The zero-order valence-corrected chi connectivity index (χ0v) is 20.7. The van der Waals surface area contributed by atoms with E-state index in [2.05, 4.69) is 4.98 Å². The minimum absolute atomic E-state index is 0.0409. The van der Waals surface area contributed by atoms with Gasteiger partial charge in [0.2, 0.25) is 10.0 Å². The molecule has 1 heterocycles. The fourth-order valence-electron chi connectivity index (χ4n) is 3.15. The third-order valence-corrected chi connectivity index (χ3v) is 5.22. The topological polar surface area (TPSA) is 101 Å². The number of amides is 1. The minimum Gasteiger partial charge on any atom is -0.372 e. The number of anilines is 1. The Hall–Kier alpha value is -3.30. The summed E-state index contributed by atoms with van der Waals surface area (Å²) in [5, 5.41) is 0. The van der Waals surface area contributed by atoms with Gasteiger partial charge in [-0.2, -0.15) is 0 Å². The first-order valence-corrected chi connectivity index (χ1v) is 12.8. The number of hydrogen-bond acceptors (Lipinski definition) is 7. The van der Waals surface area contributed by atoms with Gasteiger partial charge in [-0.3, -0.25) is 14.5 Å². The molecule has 0 saturated heterocycles. The van der Waals surface area contributed by atoms with Gasteiger partial charge >= 0.3 is 0 Å². The Bertz CT molecular complexity index is 1420. The van der Waals surface area contributed by atoms with Crippen molar-refractivity contribution in [3.63, 3.8) is 0 Å². The zero-order chi connectivity index (χ0) is 29.8. The van der Waals surface area contributed by atoms with Crippen molar-refractivity contribution in [1.82, 2.24) is 14.7 Å². The van der Waals surface area contributed by atoms with Gasteiger partial charge in [-0.05, 0) is 26.6 Å². The number of carbonyl (C=O) groups excluding carboxylic acids is 1. The molecule has 186 valence electrons. The van der Waals surface area contributed by atoms with Crippen molar-refractivity contribution in [3.05, 3.63) is 66.9 Å². The van der Waals surface area contributed by atoms with Crippen LogP contribution in [0.25, 0.3) is 22.5 Å². The lowest BCUT2D eigenvalue weighted by molar-refractivity contribution is -0.123. The lowest BCUT2D eigenvalue weighted by Gasteiger charge is -2.28. The molecule has 0 saturated carbocycles. The van der Waals surface area contributed by atoms with Gasteiger partial charge in [-0.1, -0.05) is 60.7 Å². The highest BCUT2D eigenvalue weighted by Gasteiger charge is 2.17. The second-order valence-electron chi connectivity index (χ2n) is 7.83. The summed E-state index contributed by atoms with van der Waals surface area (Å²) in [5.74, 6) is -0.969. The number of benzene rings is 2. The predicted molar refractivity (Wildman–Crippen MR) is 138 cm³/mol. The molecule has 1 aromatic heterocycles. The molecule has 3 rings (SSSR count). The highest BCUT2D eigenvalue weighted by atomic mass is 32.2. The summed E-state index contributed by atoms with van der Waals surface area (Å²) < 4.78 is 72.6. The number of hydrogen-bond donors (Lipinski definition) is 1. The van der Waals surface area contributed by atoms with Crippen LogP contribution in [-0.2, 0) is 19.6 Å². The maximum Gasteiger partial charge on any atom is 0.259 e. The van der Waals surface area contributed by atoms with Gasteiger partial charge < -0.3 is 9.64 Å². The fraction of sp³-hybridized carbons (Fsp3) is 0.346. The van der Waals surface area contributed by atoms with Crippen molar-refractivity contribution >= 4 is 21.7 Å². The van der Waals surface area contributed by atoms with Gasteiger partial charge in [0.15, 0.2) is 0 Å². The van der Waals surface area contributed by atoms with Gasteiger partial charge in [0.25, 0.3) is 5.91 Å². The minimum atomic E-state index is -3.77. The normalized spacial score (nSPS) is 14.7. The molecule has 0 aliphatic heterocycles. The molecule has 0 aliphatic carbocycles. The molecule has 8 nitrogen and oxygen atoms in total. The van der Waals surface area contributed by atoms with E-state index in [9.17, 15) is 13.2 Å². The van der Waals surface area contributed by atoms with Crippen LogP contribution in [0.15, 0.2) is 66.9 Å². The Morgan fingerprint density at radius 2 is 1.69 bits per heavy atom. The van der Waals surface area contributed by atoms with Gasteiger partial charge in [0, 0.05) is 35.7 Å². The second-order valence-corrected chi connectivity index (χ2v) is 9.58. The highest BCUT2D eigenvalue weighted by molar-refractivity contribution is 7.89. The van der Waals surface area contributed by atoms with Gasteiger partial charge in [-0.15, -0.1) is 0 Å². The van der Waals surface area contributed by atoms with Crippen LogP contribution in [-0.4, -0.2) is 56.3 Å². The molecule has 2 aromatic carbocycles. The van der Waals surface area contributed by atoms with Crippen LogP contribution >= 0.6 is 0 Å².